The lowest BCUT2D eigenvalue weighted by molar-refractivity contribution is 0.107. The Morgan fingerprint density at radius 2 is 1.67 bits per heavy atom. The summed E-state index contributed by atoms with van der Waals surface area (Å²) >= 11 is 0. The minimum atomic E-state index is 0.939. The first kappa shape index (κ1) is 7.07. The van der Waals surface area contributed by atoms with Gasteiger partial charge in [-0.15, -0.1) is 0 Å². The van der Waals surface area contributed by atoms with Crippen molar-refractivity contribution in [2.45, 2.75) is 32.6 Å². The molecule has 0 atom stereocenters. The molecule has 0 radical (unpaired) electrons. The van der Waals surface area contributed by atoms with Crippen LogP contribution >= 0.6 is 0 Å². The maximum atomic E-state index is 5.32. The van der Waals surface area contributed by atoms with Gasteiger partial charge in [0.15, 0.2) is 0 Å². The van der Waals surface area contributed by atoms with E-state index in [9.17, 15) is 0 Å². The normalized spacial score (nSPS) is 25.0. The van der Waals surface area contributed by atoms with Gasteiger partial charge in [0.05, 0.1) is 0 Å². The average Bonchev–Trinajstić information content (AvgIpc) is 1.79. The minimum Gasteiger partial charge on any atom is -0.381 e. The lowest BCUT2D eigenvalue weighted by Crippen LogP contribution is -2.06. The van der Waals surface area contributed by atoms with Gasteiger partial charge in [-0.05, 0) is 31.6 Å². The lowest BCUT2D eigenvalue weighted by atomic mass is 9.99. The van der Waals surface area contributed by atoms with E-state index in [1.165, 1.54) is 25.7 Å². The van der Waals surface area contributed by atoms with Gasteiger partial charge in [0, 0.05) is 13.2 Å². The topological polar surface area (TPSA) is 9.23 Å². The molecule has 1 nitrogen and oxygen atoms in total. The Hall–Kier alpha value is -0.0400. The Bertz CT molecular complexity index is 63.0. The van der Waals surface area contributed by atoms with Crippen LogP contribution in [0, 0.1) is 5.92 Å². The third-order valence-corrected chi connectivity index (χ3v) is 1.97. The van der Waals surface area contributed by atoms with Crippen LogP contribution in [0.4, 0.5) is 0 Å². The highest BCUT2D eigenvalue weighted by molar-refractivity contribution is 4.55. The van der Waals surface area contributed by atoms with Gasteiger partial charge in [-0.2, -0.15) is 0 Å². The van der Waals surface area contributed by atoms with Gasteiger partial charge in [-0.1, -0.05) is 6.92 Å². The van der Waals surface area contributed by atoms with Gasteiger partial charge in [0.2, 0.25) is 0 Å². The zero-order chi connectivity index (χ0) is 6.53. The number of hydrogen-bond acceptors (Lipinski definition) is 1. The summed E-state index contributed by atoms with van der Waals surface area (Å²) in [7, 11) is 0. The second-order valence-electron chi connectivity index (χ2n) is 3.00. The molecule has 0 amide bonds. The molecule has 1 rings (SSSR count). The molecular formula is C8H16O. The van der Waals surface area contributed by atoms with E-state index in [2.05, 4.69) is 6.92 Å². The molecule has 0 aliphatic carbocycles. The summed E-state index contributed by atoms with van der Waals surface area (Å²) in [6.45, 7) is 4.32. The molecule has 0 bridgehead atoms. The van der Waals surface area contributed by atoms with Crippen molar-refractivity contribution in [3.8, 4) is 0 Å². The molecule has 1 heteroatoms. The minimum absolute atomic E-state index is 0.939. The van der Waals surface area contributed by atoms with Gasteiger partial charge in [-0.3, -0.25) is 0 Å². The number of hydrogen-bond donors (Lipinski definition) is 0. The molecule has 1 aliphatic heterocycles. The first-order valence-electron chi connectivity index (χ1n) is 3.97. The molecule has 0 N–H and O–H groups in total. The summed E-state index contributed by atoms with van der Waals surface area (Å²) in [5.41, 5.74) is 0. The number of rotatable bonds is 0. The molecule has 1 fully saturated rings. The molecule has 9 heavy (non-hydrogen) atoms. The summed E-state index contributed by atoms with van der Waals surface area (Å²) in [4.78, 5) is 0. The summed E-state index contributed by atoms with van der Waals surface area (Å²) in [6, 6.07) is 0. The predicted octanol–water partition coefficient (Wildman–Crippen LogP) is 2.21. The first-order chi connectivity index (χ1) is 4.39. The predicted molar refractivity (Wildman–Crippen MR) is 38.5 cm³/mol. The van der Waals surface area contributed by atoms with Crippen LogP contribution in [-0.4, -0.2) is 13.2 Å². The molecule has 54 valence electrons. The molecule has 0 saturated carbocycles. The van der Waals surface area contributed by atoms with Crippen LogP contribution in [0.25, 0.3) is 0 Å². The fourth-order valence-electron chi connectivity index (χ4n) is 1.31. The second-order valence-corrected chi connectivity index (χ2v) is 3.00. The SMILES string of the molecule is CC1CCCOCCC1. The highest BCUT2D eigenvalue weighted by atomic mass is 16.5. The van der Waals surface area contributed by atoms with Gasteiger partial charge < -0.3 is 4.74 Å². The third kappa shape index (κ3) is 2.85. The van der Waals surface area contributed by atoms with Crippen LogP contribution in [0.3, 0.4) is 0 Å². The van der Waals surface area contributed by atoms with Crippen LogP contribution < -0.4 is 0 Å². The van der Waals surface area contributed by atoms with Crippen molar-refractivity contribution in [1.29, 1.82) is 0 Å². The van der Waals surface area contributed by atoms with Gasteiger partial charge >= 0.3 is 0 Å². The lowest BCUT2D eigenvalue weighted by Gasteiger charge is -2.14. The second kappa shape index (κ2) is 3.89. The van der Waals surface area contributed by atoms with Gasteiger partial charge in [0.1, 0.15) is 0 Å². The van der Waals surface area contributed by atoms with Crippen molar-refractivity contribution in [1.82, 2.24) is 0 Å². The van der Waals surface area contributed by atoms with E-state index in [-0.39, 0.29) is 0 Å². The molecule has 0 aromatic heterocycles. The molecule has 0 aromatic rings. The van der Waals surface area contributed by atoms with Gasteiger partial charge in [0.25, 0.3) is 0 Å². The van der Waals surface area contributed by atoms with E-state index in [0.717, 1.165) is 19.1 Å². The van der Waals surface area contributed by atoms with Crippen molar-refractivity contribution >= 4 is 0 Å². The Kier molecular flexibility index (Phi) is 3.05. The molecule has 0 aromatic carbocycles. The molecular weight excluding hydrogens is 112 g/mol. The fourth-order valence-corrected chi connectivity index (χ4v) is 1.31. The van der Waals surface area contributed by atoms with Crippen molar-refractivity contribution < 1.29 is 4.74 Å². The highest BCUT2D eigenvalue weighted by Gasteiger charge is 2.04. The molecule has 1 aliphatic rings. The van der Waals surface area contributed by atoms with Crippen LogP contribution in [0.5, 0.6) is 0 Å². The van der Waals surface area contributed by atoms with E-state index in [1.54, 1.807) is 0 Å². The summed E-state index contributed by atoms with van der Waals surface area (Å²) in [6.07, 6.45) is 5.25. The van der Waals surface area contributed by atoms with E-state index in [1.807, 2.05) is 0 Å². The van der Waals surface area contributed by atoms with Crippen LogP contribution in [0.1, 0.15) is 32.6 Å². The van der Waals surface area contributed by atoms with Crippen molar-refractivity contribution in [3.63, 3.8) is 0 Å². The Morgan fingerprint density at radius 1 is 1.11 bits per heavy atom. The van der Waals surface area contributed by atoms with E-state index < -0.39 is 0 Å². The Balaban J connectivity index is 2.12. The van der Waals surface area contributed by atoms with Crippen LogP contribution in [0.15, 0.2) is 0 Å². The number of ether oxygens (including phenoxy) is 1. The zero-order valence-corrected chi connectivity index (χ0v) is 6.23. The monoisotopic (exact) mass is 128 g/mol. The van der Waals surface area contributed by atoms with E-state index in [4.69, 9.17) is 4.74 Å². The molecule has 0 spiro atoms. The largest absolute Gasteiger partial charge is 0.381 e. The average molecular weight is 128 g/mol. The molecule has 1 saturated heterocycles. The smallest absolute Gasteiger partial charge is 0.0466 e. The van der Waals surface area contributed by atoms with E-state index >= 15 is 0 Å². The van der Waals surface area contributed by atoms with Crippen molar-refractivity contribution in [2.75, 3.05) is 13.2 Å². The maximum absolute atomic E-state index is 5.32. The van der Waals surface area contributed by atoms with Crippen molar-refractivity contribution in [2.24, 2.45) is 5.92 Å². The highest BCUT2D eigenvalue weighted by Crippen LogP contribution is 2.14. The van der Waals surface area contributed by atoms with Gasteiger partial charge in [-0.25, -0.2) is 0 Å². The Morgan fingerprint density at radius 3 is 2.22 bits per heavy atom. The zero-order valence-electron chi connectivity index (χ0n) is 6.23. The quantitative estimate of drug-likeness (QED) is 0.486. The van der Waals surface area contributed by atoms with E-state index in [0.29, 0.717) is 0 Å². The Labute approximate surface area is 57.4 Å². The summed E-state index contributed by atoms with van der Waals surface area (Å²) in [5.74, 6) is 0.939. The molecule has 0 unspecified atom stereocenters. The fraction of sp³-hybridized carbons (Fsp3) is 1.00. The summed E-state index contributed by atoms with van der Waals surface area (Å²) in [5, 5.41) is 0. The first-order valence-corrected chi connectivity index (χ1v) is 3.97. The third-order valence-electron chi connectivity index (χ3n) is 1.97. The van der Waals surface area contributed by atoms with Crippen molar-refractivity contribution in [3.05, 3.63) is 0 Å². The standard InChI is InChI=1S/C8H16O/c1-8-4-2-6-9-7-3-5-8/h8H,2-7H2,1H3. The van der Waals surface area contributed by atoms with Crippen LogP contribution in [-0.2, 0) is 4.74 Å². The molecule has 1 heterocycles. The maximum Gasteiger partial charge on any atom is 0.0466 e. The summed E-state index contributed by atoms with van der Waals surface area (Å²) < 4.78 is 5.32. The van der Waals surface area contributed by atoms with Crippen LogP contribution in [0.2, 0.25) is 0 Å².